The van der Waals surface area contributed by atoms with Gasteiger partial charge in [-0.15, -0.1) is 0 Å². The lowest BCUT2D eigenvalue weighted by atomic mass is 10.1. The fraction of sp³-hybridized carbons (Fsp3) is 0. The Labute approximate surface area is 436 Å². The monoisotopic (exact) mass is 989 g/mol. The maximum absolute atomic E-state index is 5.37. The third kappa shape index (κ3) is 6.23. The minimum absolute atomic E-state index is 0.929. The van der Waals surface area contributed by atoms with Crippen LogP contribution in [-0.4, -0.2) is 35.1 Å². The zero-order chi connectivity index (χ0) is 49.5. The van der Waals surface area contributed by atoms with Crippen molar-refractivity contribution in [3.8, 4) is 5.69 Å². The zero-order valence-electron chi connectivity index (χ0n) is 40.9. The van der Waals surface area contributed by atoms with E-state index < -0.39 is 16.1 Å². The maximum atomic E-state index is 5.37. The Balaban J connectivity index is 1.09. The molecule has 4 aromatic heterocycles. The molecule has 75 heavy (non-hydrogen) atoms. The Morgan fingerprint density at radius 3 is 1.67 bits per heavy atom. The summed E-state index contributed by atoms with van der Waals surface area (Å²) in [6, 6.07) is 99.9. The van der Waals surface area contributed by atoms with E-state index in [1.165, 1.54) is 74.5 Å². The van der Waals surface area contributed by atoms with Crippen LogP contribution in [0.25, 0.3) is 54.9 Å². The Morgan fingerprint density at radius 1 is 0.360 bits per heavy atom. The van der Waals surface area contributed by atoms with Gasteiger partial charge in [0.2, 0.25) is 0 Å². The second-order valence-corrected chi connectivity index (χ2v) is 27.2. The topological polar surface area (TPSA) is 38.4 Å². The second-order valence-electron chi connectivity index (χ2n) is 19.7. The number of para-hydroxylation sites is 3. The van der Waals surface area contributed by atoms with E-state index in [0.717, 1.165) is 39.0 Å². The normalized spacial score (nSPS) is 13.1. The van der Waals surface area contributed by atoms with Crippen molar-refractivity contribution in [1.29, 1.82) is 0 Å². The summed E-state index contributed by atoms with van der Waals surface area (Å²) in [6.45, 7) is 0. The Morgan fingerprint density at radius 2 is 0.933 bits per heavy atom. The van der Waals surface area contributed by atoms with Crippen LogP contribution >= 0.6 is 0 Å². The molecule has 0 radical (unpaired) electrons. The largest absolute Gasteiger partial charge is 0.311 e. The van der Waals surface area contributed by atoms with Gasteiger partial charge >= 0.3 is 0 Å². The van der Waals surface area contributed by atoms with Crippen molar-refractivity contribution in [2.75, 3.05) is 4.90 Å². The summed E-state index contributed by atoms with van der Waals surface area (Å²) < 4.78 is 4.77. The van der Waals surface area contributed by atoms with Crippen LogP contribution < -0.4 is 46.4 Å². The first kappa shape index (κ1) is 43.2. The maximum Gasteiger partial charge on any atom is 0.186 e. The van der Waals surface area contributed by atoms with Gasteiger partial charge in [-0.25, -0.2) is 9.97 Å². The lowest BCUT2D eigenvalue weighted by Crippen LogP contribution is -2.77. The first-order chi connectivity index (χ1) is 37.2. The van der Waals surface area contributed by atoms with E-state index in [-0.39, 0.29) is 0 Å². The van der Waals surface area contributed by atoms with E-state index in [9.17, 15) is 0 Å². The predicted molar refractivity (Wildman–Crippen MR) is 318 cm³/mol. The molecule has 0 aliphatic carbocycles. The molecule has 15 rings (SSSR count). The number of hydrogen-bond acceptors (Lipinski definition) is 3. The molecule has 0 spiro atoms. The molecule has 5 heterocycles. The molecule has 0 bridgehead atoms. The molecule has 352 valence electrons. The molecule has 7 heteroatoms. The van der Waals surface area contributed by atoms with Gasteiger partial charge in [0.1, 0.15) is 11.3 Å². The highest BCUT2D eigenvalue weighted by atomic mass is 28.3. The van der Waals surface area contributed by atoms with E-state index in [0.29, 0.717) is 0 Å². The van der Waals surface area contributed by atoms with E-state index in [4.69, 9.17) is 9.97 Å². The van der Waals surface area contributed by atoms with Crippen molar-refractivity contribution in [2.45, 2.75) is 0 Å². The number of nitrogens with zero attached hydrogens (tertiary/aromatic N) is 5. The molecule has 0 saturated carbocycles. The first-order valence-corrected chi connectivity index (χ1v) is 29.7. The molecule has 1 aliphatic rings. The van der Waals surface area contributed by atoms with Gasteiger partial charge in [0.15, 0.2) is 16.1 Å². The predicted octanol–water partition coefficient (Wildman–Crippen LogP) is 10.7. The highest BCUT2D eigenvalue weighted by Crippen LogP contribution is 2.42. The van der Waals surface area contributed by atoms with Crippen LogP contribution in [0, 0.1) is 0 Å². The van der Waals surface area contributed by atoms with Crippen molar-refractivity contribution in [3.05, 3.63) is 286 Å². The highest BCUT2D eigenvalue weighted by molar-refractivity contribution is 7.22. The SMILES string of the molecule is c1ccc(N2c3ccccc3[Si](c3ccccc3)(c3ccccc3)c3c2ccc2c4cccnc4n(-c4cccc([Si](c5ccccc5)(c5ccccc5)c5ccc6c7ccccc7n7ccnc7c6c5)c4)c32)cc1. The van der Waals surface area contributed by atoms with E-state index in [1.54, 1.807) is 0 Å². The summed E-state index contributed by atoms with van der Waals surface area (Å²) >= 11 is 0. The van der Waals surface area contributed by atoms with Gasteiger partial charge in [0.25, 0.3) is 0 Å². The summed E-state index contributed by atoms with van der Waals surface area (Å²) in [5, 5.41) is 16.4. The molecule has 0 N–H and O–H groups in total. The summed E-state index contributed by atoms with van der Waals surface area (Å²) in [4.78, 5) is 12.9. The number of pyridine rings is 2. The quantitative estimate of drug-likeness (QED) is 0.0865. The van der Waals surface area contributed by atoms with Crippen LogP contribution in [0.15, 0.2) is 286 Å². The molecular formula is C68H47N5Si2. The lowest BCUT2D eigenvalue weighted by Gasteiger charge is -2.45. The van der Waals surface area contributed by atoms with Gasteiger partial charge in [-0.3, -0.25) is 8.97 Å². The fourth-order valence-corrected chi connectivity index (χ4v) is 23.1. The summed E-state index contributed by atoms with van der Waals surface area (Å²) in [7, 11) is -6.37. The molecule has 14 aromatic rings. The number of benzene rings is 10. The average Bonchev–Trinajstić information content (AvgIpc) is 4.13. The van der Waals surface area contributed by atoms with Crippen LogP contribution in [-0.2, 0) is 0 Å². The molecule has 0 atom stereocenters. The van der Waals surface area contributed by atoms with Crippen LogP contribution in [0.3, 0.4) is 0 Å². The number of rotatable bonds is 8. The highest BCUT2D eigenvalue weighted by Gasteiger charge is 2.51. The molecule has 0 amide bonds. The number of fused-ring (bicyclic) bond motifs is 12. The lowest BCUT2D eigenvalue weighted by molar-refractivity contribution is 1.14. The minimum atomic E-state index is -3.20. The second kappa shape index (κ2) is 17.1. The molecular weight excluding hydrogens is 943 g/mol. The van der Waals surface area contributed by atoms with Gasteiger partial charge in [-0.2, -0.15) is 0 Å². The first-order valence-electron chi connectivity index (χ1n) is 25.7. The Kier molecular flexibility index (Phi) is 9.85. The van der Waals surface area contributed by atoms with Gasteiger partial charge in [0, 0.05) is 68.1 Å². The Hall–Kier alpha value is -9.41. The van der Waals surface area contributed by atoms with Crippen LogP contribution in [0.2, 0.25) is 0 Å². The summed E-state index contributed by atoms with van der Waals surface area (Å²) in [6.07, 6.45) is 5.98. The van der Waals surface area contributed by atoms with E-state index in [1.807, 2.05) is 12.4 Å². The summed E-state index contributed by atoms with van der Waals surface area (Å²) in [5.74, 6) is 0. The number of imidazole rings is 1. The van der Waals surface area contributed by atoms with Crippen molar-refractivity contribution in [2.24, 2.45) is 0 Å². The molecule has 0 saturated heterocycles. The molecule has 0 fully saturated rings. The van der Waals surface area contributed by atoms with Crippen molar-refractivity contribution in [1.82, 2.24) is 18.9 Å². The standard InChI is InChI=1S/C68H47N5Si2/c1-6-22-48(23-7-1)72-62-37-18-19-38-64(62)75(52-29-12-4-13-30-52,53-31-14-5-15-32-53)66-63(72)42-41-58-59-35-21-43-69-68(59)73(65(58)66)49-24-20-33-54(46-49)74(50-25-8-2-9-26-50,51-27-10-3-11-28-51)55-39-40-56-57-34-16-17-36-61(57)71-45-44-70-67(71)60(56)47-55/h1-47H. The smallest absolute Gasteiger partial charge is 0.186 e. The Bertz CT molecular complexity index is 4400. The molecule has 5 nitrogen and oxygen atoms in total. The molecule has 1 aliphatic heterocycles. The number of aromatic nitrogens is 4. The molecule has 0 unspecified atom stereocenters. The molecule has 10 aromatic carbocycles. The van der Waals surface area contributed by atoms with Crippen LogP contribution in [0.5, 0.6) is 0 Å². The van der Waals surface area contributed by atoms with E-state index >= 15 is 0 Å². The third-order valence-electron chi connectivity index (χ3n) is 16.0. The fourth-order valence-electron chi connectivity index (χ4n) is 13.0. The number of hydrogen-bond donors (Lipinski definition) is 0. The van der Waals surface area contributed by atoms with Gasteiger partial charge < -0.3 is 4.90 Å². The average molecular weight is 990 g/mol. The van der Waals surface area contributed by atoms with Crippen molar-refractivity contribution >= 4 is 124 Å². The van der Waals surface area contributed by atoms with Crippen molar-refractivity contribution in [3.63, 3.8) is 0 Å². The minimum Gasteiger partial charge on any atom is -0.311 e. The number of anilines is 3. The van der Waals surface area contributed by atoms with Gasteiger partial charge in [-0.05, 0) is 96.3 Å². The zero-order valence-corrected chi connectivity index (χ0v) is 42.9. The summed E-state index contributed by atoms with van der Waals surface area (Å²) in [5.41, 5.74) is 8.79. The third-order valence-corrected chi connectivity index (χ3v) is 25.6. The van der Waals surface area contributed by atoms with E-state index in [2.05, 4.69) is 287 Å². The van der Waals surface area contributed by atoms with Crippen LogP contribution in [0.4, 0.5) is 17.1 Å². The van der Waals surface area contributed by atoms with Crippen LogP contribution in [0.1, 0.15) is 0 Å². The van der Waals surface area contributed by atoms with Gasteiger partial charge in [-0.1, -0.05) is 212 Å². The van der Waals surface area contributed by atoms with Crippen molar-refractivity contribution < 1.29 is 0 Å². The van der Waals surface area contributed by atoms with Gasteiger partial charge in [0.05, 0.1) is 11.0 Å².